The van der Waals surface area contributed by atoms with Crippen molar-refractivity contribution in [2.75, 3.05) is 18.5 Å². The van der Waals surface area contributed by atoms with Crippen LogP contribution in [0.5, 0.6) is 0 Å². The van der Waals surface area contributed by atoms with Crippen LogP contribution in [0.3, 0.4) is 0 Å². The Hall–Kier alpha value is -2.35. The van der Waals surface area contributed by atoms with E-state index in [-0.39, 0.29) is 18.9 Å². The number of urea groups is 1. The maximum atomic E-state index is 13.3. The maximum absolute atomic E-state index is 13.3. The van der Waals surface area contributed by atoms with E-state index in [2.05, 4.69) is 10.6 Å². The van der Waals surface area contributed by atoms with Gasteiger partial charge in [0.15, 0.2) is 5.78 Å². The molecule has 0 bridgehead atoms. The zero-order chi connectivity index (χ0) is 21.5. The third-order valence-corrected chi connectivity index (χ3v) is 6.06. The van der Waals surface area contributed by atoms with Crippen LogP contribution in [0.25, 0.3) is 0 Å². The second kappa shape index (κ2) is 9.91. The van der Waals surface area contributed by atoms with Crippen LogP contribution >= 0.6 is 7.60 Å². The summed E-state index contributed by atoms with van der Waals surface area (Å²) in [6, 6.07) is 11.8. The predicted molar refractivity (Wildman–Crippen MR) is 104 cm³/mol. The lowest BCUT2D eigenvalue weighted by Gasteiger charge is -2.27. The first kappa shape index (κ1) is 22.9. The molecule has 0 aliphatic carbocycles. The number of hydrogen-bond acceptors (Lipinski definition) is 4. The molecule has 2 rings (SSSR count). The first-order valence-electron chi connectivity index (χ1n) is 8.88. The molecule has 0 radical (unpaired) electrons. The lowest BCUT2D eigenvalue weighted by atomic mass is 10.2. The highest BCUT2D eigenvalue weighted by Crippen LogP contribution is 2.59. The SMILES string of the molecule is CCOP(=O)(OCC)[C@H](NC(=O)Nc1cccc(C(F)(F)F)c1)c1ccccc1. The summed E-state index contributed by atoms with van der Waals surface area (Å²) in [5, 5.41) is 4.83. The van der Waals surface area contributed by atoms with E-state index in [9.17, 15) is 22.5 Å². The number of amides is 2. The van der Waals surface area contributed by atoms with Crippen molar-refractivity contribution >= 4 is 19.3 Å². The van der Waals surface area contributed by atoms with Gasteiger partial charge in [-0.25, -0.2) is 4.79 Å². The molecule has 0 unspecified atom stereocenters. The highest BCUT2D eigenvalue weighted by Gasteiger charge is 2.38. The summed E-state index contributed by atoms with van der Waals surface area (Å²) in [7, 11) is -3.80. The summed E-state index contributed by atoms with van der Waals surface area (Å²) in [5.41, 5.74) is -0.493. The van der Waals surface area contributed by atoms with E-state index in [1.807, 2.05) is 0 Å². The van der Waals surface area contributed by atoms with Gasteiger partial charge < -0.3 is 19.7 Å². The molecular formula is C19H22F3N2O4P. The van der Waals surface area contributed by atoms with Crippen molar-refractivity contribution in [1.29, 1.82) is 0 Å². The molecule has 0 saturated heterocycles. The van der Waals surface area contributed by atoms with Crippen molar-refractivity contribution in [3.05, 3.63) is 65.7 Å². The van der Waals surface area contributed by atoms with Gasteiger partial charge in [-0.1, -0.05) is 36.4 Å². The number of rotatable bonds is 8. The van der Waals surface area contributed by atoms with E-state index in [4.69, 9.17) is 9.05 Å². The average molecular weight is 430 g/mol. The number of nitrogens with one attached hydrogen (secondary N) is 2. The van der Waals surface area contributed by atoms with Crippen LogP contribution in [0.1, 0.15) is 30.8 Å². The smallest absolute Gasteiger partial charge is 0.320 e. The number of halogens is 3. The van der Waals surface area contributed by atoms with Gasteiger partial charge in [-0.2, -0.15) is 13.2 Å². The van der Waals surface area contributed by atoms with Crippen molar-refractivity contribution < 1.29 is 31.6 Å². The summed E-state index contributed by atoms with van der Waals surface area (Å²) in [6.45, 7) is 3.43. The first-order valence-corrected chi connectivity index (χ1v) is 10.5. The van der Waals surface area contributed by atoms with Crippen LogP contribution in [-0.4, -0.2) is 19.2 Å². The van der Waals surface area contributed by atoms with Crippen LogP contribution in [-0.2, 0) is 19.8 Å². The van der Waals surface area contributed by atoms with Gasteiger partial charge in [0, 0.05) is 5.69 Å². The maximum Gasteiger partial charge on any atom is 0.416 e. The number of hydrogen-bond donors (Lipinski definition) is 2. The number of benzene rings is 2. The molecule has 29 heavy (non-hydrogen) atoms. The molecule has 0 aliphatic rings. The van der Waals surface area contributed by atoms with Gasteiger partial charge >= 0.3 is 19.8 Å². The van der Waals surface area contributed by atoms with Crippen LogP contribution in [0.4, 0.5) is 23.7 Å². The fraction of sp³-hybridized carbons (Fsp3) is 0.316. The molecule has 0 saturated carbocycles. The van der Waals surface area contributed by atoms with E-state index < -0.39 is 31.1 Å². The van der Waals surface area contributed by atoms with Crippen molar-refractivity contribution in [3.63, 3.8) is 0 Å². The van der Waals surface area contributed by atoms with Crippen LogP contribution < -0.4 is 10.6 Å². The Morgan fingerprint density at radius 3 is 2.21 bits per heavy atom. The van der Waals surface area contributed by atoms with Gasteiger partial charge in [0.25, 0.3) is 0 Å². The number of carbonyl (C=O) groups excluding carboxylic acids is 1. The van der Waals surface area contributed by atoms with Gasteiger partial charge in [-0.15, -0.1) is 0 Å². The van der Waals surface area contributed by atoms with Crippen LogP contribution in [0, 0.1) is 0 Å². The monoisotopic (exact) mass is 430 g/mol. The molecule has 2 amide bonds. The number of alkyl halides is 3. The van der Waals surface area contributed by atoms with E-state index >= 15 is 0 Å². The Labute approximate surface area is 166 Å². The Bertz CT molecular complexity index is 852. The lowest BCUT2D eigenvalue weighted by molar-refractivity contribution is -0.137. The van der Waals surface area contributed by atoms with Gasteiger partial charge in [-0.05, 0) is 37.6 Å². The number of carbonyl (C=O) groups is 1. The molecule has 0 aliphatic heterocycles. The van der Waals surface area contributed by atoms with E-state index in [0.29, 0.717) is 5.56 Å². The average Bonchev–Trinajstić information content (AvgIpc) is 2.66. The number of anilines is 1. The fourth-order valence-corrected chi connectivity index (χ4v) is 4.50. The minimum absolute atomic E-state index is 0.0632. The highest BCUT2D eigenvalue weighted by molar-refractivity contribution is 7.54. The normalized spacial score (nSPS) is 13.0. The summed E-state index contributed by atoms with van der Waals surface area (Å²) >= 11 is 0. The van der Waals surface area contributed by atoms with Crippen molar-refractivity contribution in [1.82, 2.24) is 5.32 Å². The van der Waals surface area contributed by atoms with Gasteiger partial charge in [-0.3, -0.25) is 4.57 Å². The fourth-order valence-electron chi connectivity index (χ4n) is 2.59. The molecule has 0 aromatic heterocycles. The first-order chi connectivity index (χ1) is 13.7. The zero-order valence-corrected chi connectivity index (χ0v) is 16.8. The van der Waals surface area contributed by atoms with E-state index in [0.717, 1.165) is 12.1 Å². The second-order valence-electron chi connectivity index (χ2n) is 5.87. The third kappa shape index (κ3) is 6.32. The minimum atomic E-state index is -4.54. The molecule has 10 heteroatoms. The summed E-state index contributed by atoms with van der Waals surface area (Å²) in [5.74, 6) is -1.14. The van der Waals surface area contributed by atoms with E-state index in [1.54, 1.807) is 44.2 Å². The van der Waals surface area contributed by atoms with Gasteiger partial charge in [0.05, 0.1) is 18.8 Å². The van der Waals surface area contributed by atoms with Crippen LogP contribution in [0.15, 0.2) is 54.6 Å². The molecule has 0 heterocycles. The quantitative estimate of drug-likeness (QED) is 0.520. The third-order valence-electron chi connectivity index (χ3n) is 3.77. The molecule has 2 aromatic carbocycles. The molecule has 0 fully saturated rings. The van der Waals surface area contributed by atoms with Crippen LogP contribution in [0.2, 0.25) is 0 Å². The predicted octanol–water partition coefficient (Wildman–Crippen LogP) is 5.79. The highest BCUT2D eigenvalue weighted by atomic mass is 31.2. The minimum Gasteiger partial charge on any atom is -0.320 e. The standard InChI is InChI=1S/C19H22F3N2O4P/c1-3-27-29(26,28-4-2)17(14-9-6-5-7-10-14)24-18(25)23-16-12-8-11-15(13-16)19(20,21)22/h5-13,17H,3-4H2,1-2H3,(H2,23,24,25)/t17-/m0/s1. The molecule has 1 atom stereocenters. The Balaban J connectivity index is 2.27. The molecular weight excluding hydrogens is 408 g/mol. The largest absolute Gasteiger partial charge is 0.416 e. The van der Waals surface area contributed by atoms with Crippen molar-refractivity contribution in [2.24, 2.45) is 0 Å². The lowest BCUT2D eigenvalue weighted by Crippen LogP contribution is -2.33. The summed E-state index contributed by atoms with van der Waals surface area (Å²) < 4.78 is 62.5. The topological polar surface area (TPSA) is 76.7 Å². The summed E-state index contributed by atoms with van der Waals surface area (Å²) in [4.78, 5) is 12.5. The molecule has 158 valence electrons. The van der Waals surface area contributed by atoms with Crippen molar-refractivity contribution in [2.45, 2.75) is 25.8 Å². The molecule has 0 spiro atoms. The van der Waals surface area contributed by atoms with E-state index in [1.165, 1.54) is 12.1 Å². The van der Waals surface area contributed by atoms with Gasteiger partial charge in [0.2, 0.25) is 0 Å². The second-order valence-corrected chi connectivity index (χ2v) is 7.98. The zero-order valence-electron chi connectivity index (χ0n) is 15.9. The van der Waals surface area contributed by atoms with Crippen molar-refractivity contribution in [3.8, 4) is 0 Å². The molecule has 2 N–H and O–H groups in total. The summed E-state index contributed by atoms with van der Waals surface area (Å²) in [6.07, 6.45) is -4.54. The Kier molecular flexibility index (Phi) is 7.84. The molecule has 6 nitrogen and oxygen atoms in total. The molecule has 2 aromatic rings. The Morgan fingerprint density at radius 2 is 1.66 bits per heavy atom. The van der Waals surface area contributed by atoms with Gasteiger partial charge in [0.1, 0.15) is 0 Å². The Morgan fingerprint density at radius 1 is 1.03 bits per heavy atom.